The van der Waals surface area contributed by atoms with Crippen molar-refractivity contribution in [3.63, 3.8) is 0 Å². The Labute approximate surface area is 158 Å². The quantitative estimate of drug-likeness (QED) is 0.702. The van der Waals surface area contributed by atoms with Crippen LogP contribution in [0.15, 0.2) is 54.6 Å². The van der Waals surface area contributed by atoms with Gasteiger partial charge in [0.05, 0.1) is 7.11 Å². The van der Waals surface area contributed by atoms with Gasteiger partial charge >= 0.3 is 5.97 Å². The Kier molecular flexibility index (Phi) is 6.30. The van der Waals surface area contributed by atoms with Crippen LogP contribution in [0, 0.1) is 0 Å². The lowest BCUT2D eigenvalue weighted by Gasteiger charge is -2.23. The SMILES string of the molecule is COc1ccc(OCC(=O)O[C@@H](C(=O)N2CCCC2)c2ccccc2)cc1. The van der Waals surface area contributed by atoms with E-state index in [1.807, 2.05) is 18.2 Å². The number of hydrogen-bond donors (Lipinski definition) is 0. The lowest BCUT2D eigenvalue weighted by atomic mass is 10.1. The monoisotopic (exact) mass is 369 g/mol. The van der Waals surface area contributed by atoms with Gasteiger partial charge in [0.2, 0.25) is 6.10 Å². The van der Waals surface area contributed by atoms with Crippen LogP contribution >= 0.6 is 0 Å². The van der Waals surface area contributed by atoms with Gasteiger partial charge in [-0.2, -0.15) is 0 Å². The topological polar surface area (TPSA) is 65.1 Å². The van der Waals surface area contributed by atoms with E-state index in [9.17, 15) is 9.59 Å². The molecule has 0 saturated carbocycles. The maximum atomic E-state index is 12.8. The van der Waals surface area contributed by atoms with Crippen molar-refractivity contribution < 1.29 is 23.8 Å². The van der Waals surface area contributed by atoms with Gasteiger partial charge in [-0.1, -0.05) is 30.3 Å². The van der Waals surface area contributed by atoms with Crippen LogP contribution in [0.4, 0.5) is 0 Å². The molecule has 0 aromatic heterocycles. The van der Waals surface area contributed by atoms with Crippen LogP contribution in [0.2, 0.25) is 0 Å². The normalized spacial score (nSPS) is 14.5. The molecule has 1 heterocycles. The number of esters is 1. The average molecular weight is 369 g/mol. The van der Waals surface area contributed by atoms with Crippen LogP contribution in [0.1, 0.15) is 24.5 Å². The minimum Gasteiger partial charge on any atom is -0.497 e. The van der Waals surface area contributed by atoms with E-state index < -0.39 is 12.1 Å². The number of carbonyl (C=O) groups excluding carboxylic acids is 2. The maximum absolute atomic E-state index is 12.8. The Morgan fingerprint density at radius 2 is 1.59 bits per heavy atom. The van der Waals surface area contributed by atoms with Crippen LogP contribution in [0.25, 0.3) is 0 Å². The third-order valence-electron chi connectivity index (χ3n) is 4.41. The zero-order valence-electron chi connectivity index (χ0n) is 15.3. The number of nitrogens with zero attached hydrogens (tertiary/aromatic N) is 1. The molecule has 1 aliphatic heterocycles. The minimum atomic E-state index is -0.948. The molecule has 0 aliphatic carbocycles. The highest BCUT2D eigenvalue weighted by molar-refractivity contribution is 5.85. The fourth-order valence-electron chi connectivity index (χ4n) is 2.97. The van der Waals surface area contributed by atoms with Crippen LogP contribution in [0.5, 0.6) is 11.5 Å². The minimum absolute atomic E-state index is 0.184. The largest absolute Gasteiger partial charge is 0.497 e. The van der Waals surface area contributed by atoms with Crippen LogP contribution in [0.3, 0.4) is 0 Å². The molecule has 0 N–H and O–H groups in total. The highest BCUT2D eigenvalue weighted by atomic mass is 16.6. The summed E-state index contributed by atoms with van der Waals surface area (Å²) in [6, 6.07) is 16.0. The van der Waals surface area contributed by atoms with E-state index in [1.54, 1.807) is 48.4 Å². The number of methoxy groups -OCH3 is 1. The van der Waals surface area contributed by atoms with Gasteiger partial charge in [0.25, 0.3) is 5.91 Å². The van der Waals surface area contributed by atoms with E-state index in [1.165, 1.54) is 0 Å². The third kappa shape index (κ3) is 5.00. The molecule has 0 spiro atoms. The first-order valence-corrected chi connectivity index (χ1v) is 8.97. The van der Waals surface area contributed by atoms with Crippen molar-refractivity contribution in [1.82, 2.24) is 4.90 Å². The predicted molar refractivity (Wildman–Crippen MR) is 99.6 cm³/mol. The lowest BCUT2D eigenvalue weighted by molar-refractivity contribution is -0.162. The molecular weight excluding hydrogens is 346 g/mol. The summed E-state index contributed by atoms with van der Waals surface area (Å²) in [7, 11) is 1.58. The maximum Gasteiger partial charge on any atom is 0.345 e. The number of hydrogen-bond acceptors (Lipinski definition) is 5. The highest BCUT2D eigenvalue weighted by Gasteiger charge is 2.31. The summed E-state index contributed by atoms with van der Waals surface area (Å²) >= 11 is 0. The second-order valence-electron chi connectivity index (χ2n) is 6.28. The Morgan fingerprint density at radius 1 is 0.963 bits per heavy atom. The molecule has 2 aromatic carbocycles. The smallest absolute Gasteiger partial charge is 0.345 e. The Morgan fingerprint density at radius 3 is 2.22 bits per heavy atom. The molecule has 0 unspecified atom stereocenters. The second kappa shape index (κ2) is 9.07. The van der Waals surface area contributed by atoms with Crippen molar-refractivity contribution in [3.05, 3.63) is 60.2 Å². The molecule has 2 aromatic rings. The molecule has 27 heavy (non-hydrogen) atoms. The van der Waals surface area contributed by atoms with E-state index in [0.717, 1.165) is 12.8 Å². The summed E-state index contributed by atoms with van der Waals surface area (Å²) < 4.78 is 16.0. The fourth-order valence-corrected chi connectivity index (χ4v) is 2.97. The van der Waals surface area contributed by atoms with E-state index in [0.29, 0.717) is 30.2 Å². The van der Waals surface area contributed by atoms with Crippen molar-refractivity contribution in [2.24, 2.45) is 0 Å². The number of likely N-dealkylation sites (tertiary alicyclic amines) is 1. The van der Waals surface area contributed by atoms with Gasteiger partial charge in [-0.15, -0.1) is 0 Å². The first-order chi connectivity index (χ1) is 13.2. The van der Waals surface area contributed by atoms with Gasteiger partial charge in [0.15, 0.2) is 6.61 Å². The van der Waals surface area contributed by atoms with Gasteiger partial charge < -0.3 is 19.1 Å². The van der Waals surface area contributed by atoms with Gasteiger partial charge in [-0.05, 0) is 37.1 Å². The molecule has 0 bridgehead atoms. The Balaban J connectivity index is 1.63. The van der Waals surface area contributed by atoms with Gasteiger partial charge in [-0.25, -0.2) is 4.79 Å². The molecule has 6 heteroatoms. The lowest BCUT2D eigenvalue weighted by Crippen LogP contribution is -2.35. The summed E-state index contributed by atoms with van der Waals surface area (Å²) in [6.07, 6.45) is 1.00. The number of benzene rings is 2. The van der Waals surface area contributed by atoms with Crippen molar-refractivity contribution >= 4 is 11.9 Å². The number of amides is 1. The Bertz CT molecular complexity index is 754. The summed E-state index contributed by atoms with van der Waals surface area (Å²) in [5, 5.41) is 0. The summed E-state index contributed by atoms with van der Waals surface area (Å²) in [5.74, 6) is 0.448. The molecule has 1 saturated heterocycles. The van der Waals surface area contributed by atoms with E-state index in [4.69, 9.17) is 14.2 Å². The van der Waals surface area contributed by atoms with Crippen LogP contribution < -0.4 is 9.47 Å². The van der Waals surface area contributed by atoms with Gasteiger partial charge in [0, 0.05) is 18.7 Å². The molecule has 3 rings (SSSR count). The van der Waals surface area contributed by atoms with E-state index >= 15 is 0 Å². The summed E-state index contributed by atoms with van der Waals surface area (Å²) in [5.41, 5.74) is 0.659. The Hall–Kier alpha value is -3.02. The van der Waals surface area contributed by atoms with E-state index in [2.05, 4.69) is 0 Å². The molecule has 6 nitrogen and oxygen atoms in total. The fraction of sp³-hybridized carbons (Fsp3) is 0.333. The van der Waals surface area contributed by atoms with Crippen LogP contribution in [-0.2, 0) is 14.3 Å². The molecular formula is C21H23NO5. The molecule has 1 atom stereocenters. The summed E-state index contributed by atoms with van der Waals surface area (Å²) in [6.45, 7) is 1.12. The summed E-state index contributed by atoms with van der Waals surface area (Å²) in [4.78, 5) is 26.9. The first kappa shape index (κ1) is 18.8. The van der Waals surface area contributed by atoms with Crippen molar-refractivity contribution in [1.29, 1.82) is 0 Å². The van der Waals surface area contributed by atoms with Gasteiger partial charge in [-0.3, -0.25) is 4.79 Å². The third-order valence-corrected chi connectivity index (χ3v) is 4.41. The van der Waals surface area contributed by atoms with E-state index in [-0.39, 0.29) is 12.5 Å². The van der Waals surface area contributed by atoms with Crippen molar-refractivity contribution in [2.45, 2.75) is 18.9 Å². The van der Waals surface area contributed by atoms with Crippen molar-refractivity contribution in [3.8, 4) is 11.5 Å². The zero-order chi connectivity index (χ0) is 19.1. The average Bonchev–Trinajstić information content (AvgIpc) is 3.26. The molecule has 1 amide bonds. The number of carbonyl (C=O) groups is 2. The second-order valence-corrected chi connectivity index (χ2v) is 6.28. The molecule has 142 valence electrons. The number of rotatable bonds is 7. The predicted octanol–water partition coefficient (Wildman–Crippen LogP) is 2.98. The number of ether oxygens (including phenoxy) is 3. The standard InChI is InChI=1S/C21H23NO5/c1-25-17-9-11-18(12-10-17)26-15-19(23)27-20(16-7-3-2-4-8-16)21(24)22-13-5-6-14-22/h2-4,7-12,20H,5-6,13-15H2,1H3/t20-/m1/s1. The zero-order valence-corrected chi connectivity index (χ0v) is 15.3. The molecule has 1 aliphatic rings. The molecule has 0 radical (unpaired) electrons. The molecule has 1 fully saturated rings. The highest BCUT2D eigenvalue weighted by Crippen LogP contribution is 2.23. The van der Waals surface area contributed by atoms with Gasteiger partial charge in [0.1, 0.15) is 11.5 Å². The van der Waals surface area contributed by atoms with Crippen LogP contribution in [-0.4, -0.2) is 43.6 Å². The first-order valence-electron chi connectivity index (χ1n) is 8.97. The van der Waals surface area contributed by atoms with Crippen molar-refractivity contribution in [2.75, 3.05) is 26.8 Å².